The van der Waals surface area contributed by atoms with Crippen molar-refractivity contribution in [3.8, 4) is 11.8 Å². The lowest BCUT2D eigenvalue weighted by Gasteiger charge is -2.10. The lowest BCUT2D eigenvalue weighted by Crippen LogP contribution is -2.28. The van der Waals surface area contributed by atoms with Crippen molar-refractivity contribution < 1.29 is 9.90 Å². The normalized spacial score (nSPS) is 10.8. The van der Waals surface area contributed by atoms with E-state index in [4.69, 9.17) is 0 Å². The summed E-state index contributed by atoms with van der Waals surface area (Å²) in [6.07, 6.45) is 3.06. The largest absolute Gasteiger partial charge is 0.476 e. The van der Waals surface area contributed by atoms with Gasteiger partial charge in [-0.05, 0) is 36.8 Å². The molecular formula is C21H14BrN3O3. The zero-order valence-electron chi connectivity index (χ0n) is 14.8. The number of nitrogens with zero attached hydrogens (tertiary/aromatic N) is 3. The minimum atomic E-state index is -1.33. The van der Waals surface area contributed by atoms with Gasteiger partial charge in [-0.25, -0.2) is 4.79 Å². The summed E-state index contributed by atoms with van der Waals surface area (Å²) in [5.41, 5.74) is 0.787. The molecule has 3 aromatic rings. The van der Waals surface area contributed by atoms with Crippen LogP contribution in [0.15, 0.2) is 57.8 Å². The Labute approximate surface area is 169 Å². The van der Waals surface area contributed by atoms with E-state index < -0.39 is 11.5 Å². The molecule has 0 aliphatic heterocycles. The number of carbonyl (C=O) groups is 1. The minimum absolute atomic E-state index is 0.0247. The van der Waals surface area contributed by atoms with Gasteiger partial charge >= 0.3 is 5.97 Å². The molecule has 1 N–H and O–H groups in total. The molecule has 138 valence electrons. The Morgan fingerprint density at radius 2 is 1.93 bits per heavy atom. The van der Waals surface area contributed by atoms with Crippen molar-refractivity contribution in [1.29, 1.82) is 5.26 Å². The van der Waals surface area contributed by atoms with Crippen LogP contribution >= 0.6 is 15.9 Å². The smallest absolute Gasteiger partial charge is 0.357 e. The number of hydrogen-bond donors (Lipinski definition) is 1. The highest BCUT2D eigenvalue weighted by Gasteiger charge is 2.21. The van der Waals surface area contributed by atoms with Crippen LogP contribution < -0.4 is 5.56 Å². The highest BCUT2D eigenvalue weighted by atomic mass is 79.9. The van der Waals surface area contributed by atoms with E-state index in [1.54, 1.807) is 30.3 Å². The molecular weight excluding hydrogens is 422 g/mol. The zero-order valence-corrected chi connectivity index (χ0v) is 16.3. The van der Waals surface area contributed by atoms with E-state index in [0.717, 1.165) is 20.3 Å². The van der Waals surface area contributed by atoms with Gasteiger partial charge in [0.15, 0.2) is 5.69 Å². The Hall–Kier alpha value is -3.50. The van der Waals surface area contributed by atoms with Crippen LogP contribution in [-0.2, 0) is 0 Å². The highest BCUT2D eigenvalue weighted by Crippen LogP contribution is 2.18. The Bertz CT molecular complexity index is 1190. The topological polar surface area (TPSA) is 96.0 Å². The first-order valence-electron chi connectivity index (χ1n) is 8.22. The van der Waals surface area contributed by atoms with Crippen LogP contribution in [0.5, 0.6) is 0 Å². The number of nitriles is 1. The molecule has 0 fully saturated rings. The summed E-state index contributed by atoms with van der Waals surface area (Å²) >= 11 is 3.36. The van der Waals surface area contributed by atoms with Gasteiger partial charge < -0.3 is 5.11 Å². The minimum Gasteiger partial charge on any atom is -0.476 e. The van der Waals surface area contributed by atoms with Gasteiger partial charge in [-0.3, -0.25) is 4.79 Å². The van der Waals surface area contributed by atoms with Gasteiger partial charge in [-0.15, -0.1) is 0 Å². The molecule has 2 aromatic carbocycles. The average Bonchev–Trinajstić information content (AvgIpc) is 2.67. The third-order valence-corrected chi connectivity index (χ3v) is 4.51. The fraction of sp³-hybridized carbons (Fsp3) is 0.0476. The molecule has 0 saturated heterocycles. The van der Waals surface area contributed by atoms with E-state index in [2.05, 4.69) is 21.0 Å². The van der Waals surface area contributed by atoms with E-state index in [-0.39, 0.29) is 16.8 Å². The summed E-state index contributed by atoms with van der Waals surface area (Å²) in [4.78, 5) is 24.6. The monoisotopic (exact) mass is 435 g/mol. The molecule has 0 unspecified atom stereocenters. The lowest BCUT2D eigenvalue weighted by atomic mass is 10.1. The van der Waals surface area contributed by atoms with E-state index in [1.807, 2.05) is 37.3 Å². The van der Waals surface area contributed by atoms with Gasteiger partial charge in [0.2, 0.25) is 0 Å². The predicted octanol–water partition coefficient (Wildman–Crippen LogP) is 4.04. The zero-order chi connectivity index (χ0) is 20.3. The highest BCUT2D eigenvalue weighted by molar-refractivity contribution is 9.10. The summed E-state index contributed by atoms with van der Waals surface area (Å²) in [5.74, 6) is -1.33. The molecule has 0 aliphatic rings. The number of carboxylic acids is 1. The maximum Gasteiger partial charge on any atom is 0.357 e. The van der Waals surface area contributed by atoms with Crippen molar-refractivity contribution >= 4 is 34.1 Å². The van der Waals surface area contributed by atoms with Crippen molar-refractivity contribution in [1.82, 2.24) is 9.78 Å². The summed E-state index contributed by atoms with van der Waals surface area (Å²) in [6.45, 7) is 1.89. The molecule has 1 aromatic heterocycles. The summed E-state index contributed by atoms with van der Waals surface area (Å²) in [6, 6.07) is 16.0. The number of rotatable bonds is 4. The fourth-order valence-corrected chi connectivity index (χ4v) is 3.03. The first kappa shape index (κ1) is 19.3. The Balaban J connectivity index is 2.21. The molecule has 0 radical (unpaired) electrons. The van der Waals surface area contributed by atoms with E-state index in [0.29, 0.717) is 5.69 Å². The number of halogens is 1. The van der Waals surface area contributed by atoms with Crippen molar-refractivity contribution in [3.05, 3.63) is 91.3 Å². The standard InChI is InChI=1S/C21H14BrN3O3/c1-13-5-8-16(9-6-13)25-20(26)18(12-23)17(19(24-25)21(27)28)10-7-14-3-2-4-15(22)11-14/h2-11H,1H3,(H,27,28)/b10-7-. The number of aromatic nitrogens is 2. The van der Waals surface area contributed by atoms with Crippen LogP contribution in [0.25, 0.3) is 17.8 Å². The molecule has 0 spiro atoms. The molecule has 0 atom stereocenters. The summed E-state index contributed by atoms with van der Waals surface area (Å²) < 4.78 is 1.79. The van der Waals surface area contributed by atoms with Crippen LogP contribution in [-0.4, -0.2) is 20.9 Å². The van der Waals surface area contributed by atoms with E-state index >= 15 is 0 Å². The molecule has 3 rings (SSSR count). The van der Waals surface area contributed by atoms with Gasteiger partial charge in [-0.1, -0.05) is 57.9 Å². The second-order valence-electron chi connectivity index (χ2n) is 6.00. The molecule has 6 nitrogen and oxygen atoms in total. The average molecular weight is 436 g/mol. The molecule has 0 aliphatic carbocycles. The molecule has 0 saturated carbocycles. The first-order chi connectivity index (χ1) is 13.4. The first-order valence-corrected chi connectivity index (χ1v) is 9.01. The maximum absolute atomic E-state index is 12.8. The summed E-state index contributed by atoms with van der Waals surface area (Å²) in [7, 11) is 0. The number of carboxylic acid groups (broad SMARTS) is 1. The number of hydrogen-bond acceptors (Lipinski definition) is 4. The Morgan fingerprint density at radius 1 is 1.21 bits per heavy atom. The molecule has 0 bridgehead atoms. The number of aryl methyl sites for hydroxylation is 1. The van der Waals surface area contributed by atoms with E-state index in [9.17, 15) is 20.0 Å². The van der Waals surface area contributed by atoms with Crippen molar-refractivity contribution in [2.75, 3.05) is 0 Å². The lowest BCUT2D eigenvalue weighted by molar-refractivity contribution is 0.0688. The van der Waals surface area contributed by atoms with Gasteiger partial charge in [-0.2, -0.15) is 15.0 Å². The SMILES string of the molecule is Cc1ccc(-n2nc(C(=O)O)c(/C=C\c3cccc(Br)c3)c(C#N)c2=O)cc1. The number of aromatic carboxylic acids is 1. The van der Waals surface area contributed by atoms with Crippen LogP contribution in [0.3, 0.4) is 0 Å². The van der Waals surface area contributed by atoms with Crippen molar-refractivity contribution in [2.45, 2.75) is 6.92 Å². The van der Waals surface area contributed by atoms with Gasteiger partial charge in [0.05, 0.1) is 5.69 Å². The van der Waals surface area contributed by atoms with Crippen LogP contribution in [0, 0.1) is 18.3 Å². The van der Waals surface area contributed by atoms with Gasteiger partial charge in [0, 0.05) is 10.0 Å². The quantitative estimate of drug-likeness (QED) is 0.666. The Kier molecular flexibility index (Phi) is 5.52. The van der Waals surface area contributed by atoms with Crippen LogP contribution in [0.4, 0.5) is 0 Å². The molecule has 1 heterocycles. The second kappa shape index (κ2) is 8.03. The second-order valence-corrected chi connectivity index (χ2v) is 6.91. The molecule has 0 amide bonds. The van der Waals surface area contributed by atoms with Crippen LogP contribution in [0.2, 0.25) is 0 Å². The maximum atomic E-state index is 12.8. The molecule has 7 heteroatoms. The summed E-state index contributed by atoms with van der Waals surface area (Å²) in [5, 5.41) is 23.1. The third-order valence-electron chi connectivity index (χ3n) is 4.01. The van der Waals surface area contributed by atoms with Gasteiger partial charge in [0.25, 0.3) is 5.56 Å². The van der Waals surface area contributed by atoms with Crippen molar-refractivity contribution in [3.63, 3.8) is 0 Å². The number of benzene rings is 2. The van der Waals surface area contributed by atoms with Gasteiger partial charge in [0.1, 0.15) is 11.6 Å². The third kappa shape index (κ3) is 3.92. The predicted molar refractivity (Wildman–Crippen MR) is 109 cm³/mol. The fourth-order valence-electron chi connectivity index (χ4n) is 2.62. The van der Waals surface area contributed by atoms with Crippen molar-refractivity contribution in [2.24, 2.45) is 0 Å². The van der Waals surface area contributed by atoms with E-state index in [1.165, 1.54) is 6.08 Å². The van der Waals surface area contributed by atoms with Crippen LogP contribution in [0.1, 0.15) is 32.7 Å². The molecule has 28 heavy (non-hydrogen) atoms. The Morgan fingerprint density at radius 3 is 2.54 bits per heavy atom.